The van der Waals surface area contributed by atoms with Crippen LogP contribution in [0.3, 0.4) is 0 Å². The van der Waals surface area contributed by atoms with Crippen molar-refractivity contribution >= 4 is 29.2 Å². The second-order valence-electron chi connectivity index (χ2n) is 5.46. The van der Waals surface area contributed by atoms with Crippen LogP contribution < -0.4 is 5.32 Å². The second kappa shape index (κ2) is 7.92. The normalized spacial score (nSPS) is 11.7. The molecule has 0 aliphatic carbocycles. The number of nitrogens with zero attached hydrogens (tertiary/aromatic N) is 4. The Balaban J connectivity index is 1.62. The summed E-state index contributed by atoms with van der Waals surface area (Å²) in [5, 5.41) is 13.3. The van der Waals surface area contributed by atoms with Crippen molar-refractivity contribution in [3.8, 4) is 5.69 Å². The van der Waals surface area contributed by atoms with Crippen molar-refractivity contribution in [2.45, 2.75) is 13.0 Å². The molecule has 3 rings (SSSR count). The van der Waals surface area contributed by atoms with E-state index in [1.165, 1.54) is 42.2 Å². The molecule has 1 amide bonds. The molecule has 1 atom stereocenters. The van der Waals surface area contributed by atoms with Crippen LogP contribution in [0.4, 0.5) is 10.1 Å². The van der Waals surface area contributed by atoms with Crippen LogP contribution in [-0.2, 0) is 9.53 Å². The van der Waals surface area contributed by atoms with Crippen LogP contribution in [0.15, 0.2) is 48.8 Å². The van der Waals surface area contributed by atoms with E-state index in [-0.39, 0.29) is 16.3 Å². The van der Waals surface area contributed by atoms with Gasteiger partial charge in [-0.1, -0.05) is 11.6 Å². The highest BCUT2D eigenvalue weighted by Gasteiger charge is 2.20. The van der Waals surface area contributed by atoms with Crippen molar-refractivity contribution in [3.63, 3.8) is 0 Å². The Labute approximate surface area is 157 Å². The first-order valence-electron chi connectivity index (χ1n) is 7.74. The number of esters is 1. The Bertz CT molecular complexity index is 963. The molecule has 0 aliphatic heterocycles. The topological polar surface area (TPSA) is 99.0 Å². The molecule has 0 saturated heterocycles. The number of rotatable bonds is 5. The maximum absolute atomic E-state index is 13.7. The lowest BCUT2D eigenvalue weighted by molar-refractivity contribution is -0.123. The molecule has 0 aliphatic rings. The van der Waals surface area contributed by atoms with Crippen LogP contribution >= 0.6 is 11.6 Å². The van der Waals surface area contributed by atoms with Gasteiger partial charge in [0, 0.05) is 5.02 Å². The molecule has 0 radical (unpaired) electrons. The summed E-state index contributed by atoms with van der Waals surface area (Å²) in [7, 11) is 0. The summed E-state index contributed by atoms with van der Waals surface area (Å²) < 4.78 is 20.3. The summed E-state index contributed by atoms with van der Waals surface area (Å²) in [5.74, 6) is -2.06. The molecule has 8 nitrogen and oxygen atoms in total. The van der Waals surface area contributed by atoms with Gasteiger partial charge in [0.05, 0.1) is 16.9 Å². The van der Waals surface area contributed by atoms with Crippen molar-refractivity contribution in [1.29, 1.82) is 0 Å². The average molecular weight is 390 g/mol. The number of nitrogens with one attached hydrogen (secondary N) is 1. The Kier molecular flexibility index (Phi) is 5.41. The van der Waals surface area contributed by atoms with Gasteiger partial charge >= 0.3 is 5.97 Å². The average Bonchev–Trinajstić information content (AvgIpc) is 3.18. The largest absolute Gasteiger partial charge is 0.449 e. The van der Waals surface area contributed by atoms with Crippen molar-refractivity contribution in [2.75, 3.05) is 5.32 Å². The molecule has 3 aromatic rings. The zero-order valence-electron chi connectivity index (χ0n) is 14.0. The summed E-state index contributed by atoms with van der Waals surface area (Å²) in [4.78, 5) is 24.3. The fourth-order valence-electron chi connectivity index (χ4n) is 2.14. The molecular weight excluding hydrogens is 377 g/mol. The van der Waals surface area contributed by atoms with Crippen LogP contribution in [0.25, 0.3) is 5.69 Å². The lowest BCUT2D eigenvalue weighted by Crippen LogP contribution is -2.30. The van der Waals surface area contributed by atoms with Gasteiger partial charge in [-0.3, -0.25) is 4.79 Å². The van der Waals surface area contributed by atoms with Crippen LogP contribution in [0, 0.1) is 5.82 Å². The van der Waals surface area contributed by atoms with Crippen LogP contribution in [0.1, 0.15) is 17.3 Å². The molecule has 138 valence electrons. The number of hydrogen-bond donors (Lipinski definition) is 1. The van der Waals surface area contributed by atoms with Gasteiger partial charge < -0.3 is 10.1 Å². The standard InChI is InChI=1S/C17H13ClFN5O3/c1-10(16(25)21-15-7-4-12(18)8-14(15)19)27-17(26)11-2-5-13(6-3-11)24-9-20-22-23-24/h2-10H,1H3,(H,21,25)/t10-/m0/s1. The van der Waals surface area contributed by atoms with Gasteiger partial charge in [-0.25, -0.2) is 13.9 Å². The predicted molar refractivity (Wildman–Crippen MR) is 94.1 cm³/mol. The molecule has 0 spiro atoms. The third-order valence-corrected chi connectivity index (χ3v) is 3.79. The van der Waals surface area contributed by atoms with E-state index in [0.717, 1.165) is 6.07 Å². The van der Waals surface area contributed by atoms with E-state index in [4.69, 9.17) is 16.3 Å². The van der Waals surface area contributed by atoms with Gasteiger partial charge in [-0.05, 0) is 59.8 Å². The minimum Gasteiger partial charge on any atom is -0.449 e. The van der Waals surface area contributed by atoms with Crippen LogP contribution in [0.5, 0.6) is 0 Å². The number of carbonyl (C=O) groups excluding carboxylic acids is 2. The first-order valence-corrected chi connectivity index (χ1v) is 8.12. The Hall–Kier alpha value is -3.33. The van der Waals surface area contributed by atoms with E-state index in [2.05, 4.69) is 20.8 Å². The lowest BCUT2D eigenvalue weighted by Gasteiger charge is -2.14. The molecule has 0 saturated carbocycles. The van der Waals surface area contributed by atoms with Crippen molar-refractivity contribution in [1.82, 2.24) is 20.2 Å². The highest BCUT2D eigenvalue weighted by atomic mass is 35.5. The number of hydrogen-bond acceptors (Lipinski definition) is 6. The number of benzene rings is 2. The molecule has 0 unspecified atom stereocenters. The number of aromatic nitrogens is 4. The van der Waals surface area contributed by atoms with Crippen molar-refractivity contribution < 1.29 is 18.7 Å². The molecular formula is C17H13ClFN5O3. The van der Waals surface area contributed by atoms with Gasteiger partial charge in [0.15, 0.2) is 6.10 Å². The fraction of sp³-hybridized carbons (Fsp3) is 0.118. The maximum Gasteiger partial charge on any atom is 0.338 e. The number of carbonyl (C=O) groups is 2. The summed E-state index contributed by atoms with van der Waals surface area (Å²) in [6, 6.07) is 10.1. The second-order valence-corrected chi connectivity index (χ2v) is 5.90. The quantitative estimate of drug-likeness (QED) is 0.673. The predicted octanol–water partition coefficient (Wildman–Crippen LogP) is 2.64. The van der Waals surface area contributed by atoms with Gasteiger partial charge in [0.25, 0.3) is 5.91 Å². The maximum atomic E-state index is 13.7. The van der Waals surface area contributed by atoms with E-state index >= 15 is 0 Å². The Morgan fingerprint density at radius 1 is 1.22 bits per heavy atom. The molecule has 27 heavy (non-hydrogen) atoms. The van der Waals surface area contributed by atoms with E-state index in [9.17, 15) is 14.0 Å². The Morgan fingerprint density at radius 2 is 1.96 bits per heavy atom. The monoisotopic (exact) mass is 389 g/mol. The summed E-state index contributed by atoms with van der Waals surface area (Å²) in [5.41, 5.74) is 0.836. The van der Waals surface area contributed by atoms with Gasteiger partial charge in [0.1, 0.15) is 12.1 Å². The molecule has 10 heteroatoms. The fourth-order valence-corrected chi connectivity index (χ4v) is 2.30. The van der Waals surface area contributed by atoms with Gasteiger partial charge in [-0.2, -0.15) is 0 Å². The minimum atomic E-state index is -1.13. The highest BCUT2D eigenvalue weighted by molar-refractivity contribution is 6.30. The molecule has 1 heterocycles. The molecule has 0 fully saturated rings. The zero-order valence-corrected chi connectivity index (χ0v) is 14.7. The van der Waals surface area contributed by atoms with Crippen LogP contribution in [-0.4, -0.2) is 38.2 Å². The summed E-state index contributed by atoms with van der Waals surface area (Å²) in [6.07, 6.45) is 0.280. The molecule has 1 aromatic heterocycles. The summed E-state index contributed by atoms with van der Waals surface area (Å²) >= 11 is 5.66. The van der Waals surface area contributed by atoms with Gasteiger partial charge in [-0.15, -0.1) is 5.10 Å². The first-order chi connectivity index (χ1) is 12.9. The van der Waals surface area contributed by atoms with E-state index < -0.39 is 23.8 Å². The third-order valence-electron chi connectivity index (χ3n) is 3.56. The first kappa shape index (κ1) is 18.5. The van der Waals surface area contributed by atoms with Crippen molar-refractivity contribution in [2.24, 2.45) is 0 Å². The SMILES string of the molecule is C[C@H](OC(=O)c1ccc(-n2cnnn2)cc1)C(=O)Nc1ccc(Cl)cc1F. The number of halogens is 2. The van der Waals surface area contributed by atoms with Crippen molar-refractivity contribution in [3.05, 3.63) is 65.2 Å². The van der Waals surface area contributed by atoms with E-state index in [0.29, 0.717) is 5.69 Å². The molecule has 0 bridgehead atoms. The van der Waals surface area contributed by atoms with Gasteiger partial charge in [0.2, 0.25) is 0 Å². The number of ether oxygens (including phenoxy) is 1. The van der Waals surface area contributed by atoms with Crippen LogP contribution in [0.2, 0.25) is 5.02 Å². The summed E-state index contributed by atoms with van der Waals surface area (Å²) in [6.45, 7) is 1.39. The van der Waals surface area contributed by atoms with E-state index in [1.807, 2.05) is 0 Å². The highest BCUT2D eigenvalue weighted by Crippen LogP contribution is 2.19. The van der Waals surface area contributed by atoms with E-state index in [1.54, 1.807) is 12.1 Å². The smallest absolute Gasteiger partial charge is 0.338 e. The number of anilines is 1. The number of tetrazole rings is 1. The molecule has 2 aromatic carbocycles. The molecule has 1 N–H and O–H groups in total. The zero-order chi connectivity index (χ0) is 19.4. The lowest BCUT2D eigenvalue weighted by atomic mass is 10.2. The Morgan fingerprint density at radius 3 is 2.59 bits per heavy atom. The third kappa shape index (κ3) is 4.45. The minimum absolute atomic E-state index is 0.0573. The number of amides is 1.